The number of aryl methyl sites for hydroxylation is 3. The summed E-state index contributed by atoms with van der Waals surface area (Å²) in [5, 5.41) is 8.27. The van der Waals surface area contributed by atoms with Gasteiger partial charge in [-0.15, -0.1) is 0 Å². The molecular weight excluding hydrogens is 426 g/mol. The number of para-hydroxylation sites is 2. The van der Waals surface area contributed by atoms with Crippen LogP contribution in [0.3, 0.4) is 0 Å². The number of rotatable bonds is 9. The van der Waals surface area contributed by atoms with E-state index in [0.717, 1.165) is 37.1 Å². The number of carbonyl (C=O) groups is 1. The molecule has 0 spiro atoms. The topological polar surface area (TPSA) is 81.8 Å². The molecule has 7 heteroatoms. The Morgan fingerprint density at radius 1 is 1.06 bits per heavy atom. The van der Waals surface area contributed by atoms with Gasteiger partial charge in [0.15, 0.2) is 0 Å². The maximum Gasteiger partial charge on any atom is 0.261 e. The second kappa shape index (κ2) is 9.63. The van der Waals surface area contributed by atoms with E-state index in [4.69, 9.17) is 4.98 Å². The van der Waals surface area contributed by atoms with Gasteiger partial charge in [0.25, 0.3) is 5.56 Å². The highest BCUT2D eigenvalue weighted by atomic mass is 16.1. The van der Waals surface area contributed by atoms with Crippen LogP contribution in [0.1, 0.15) is 48.8 Å². The highest BCUT2D eigenvalue weighted by Gasteiger charge is 2.28. The first-order chi connectivity index (χ1) is 16.6. The maximum absolute atomic E-state index is 13.0. The van der Waals surface area contributed by atoms with E-state index in [1.807, 2.05) is 70.8 Å². The van der Waals surface area contributed by atoms with E-state index in [0.29, 0.717) is 36.1 Å². The fraction of sp³-hybridized carbons (Fsp3) is 0.333. The predicted molar refractivity (Wildman–Crippen MR) is 132 cm³/mol. The molecule has 1 amide bonds. The number of nitrogens with one attached hydrogen (secondary N) is 1. The van der Waals surface area contributed by atoms with Gasteiger partial charge >= 0.3 is 0 Å². The van der Waals surface area contributed by atoms with Gasteiger partial charge in [-0.2, -0.15) is 5.10 Å². The third kappa shape index (κ3) is 4.78. The van der Waals surface area contributed by atoms with E-state index in [1.165, 1.54) is 5.56 Å². The molecule has 0 radical (unpaired) electrons. The molecule has 0 unspecified atom stereocenters. The lowest BCUT2D eigenvalue weighted by molar-refractivity contribution is -0.121. The Morgan fingerprint density at radius 2 is 1.82 bits per heavy atom. The quantitative estimate of drug-likeness (QED) is 0.388. The van der Waals surface area contributed by atoms with Crippen LogP contribution in [-0.2, 0) is 17.6 Å². The summed E-state index contributed by atoms with van der Waals surface area (Å²) < 4.78 is 3.71. The van der Waals surface area contributed by atoms with Crippen molar-refractivity contribution in [1.29, 1.82) is 0 Å². The summed E-state index contributed by atoms with van der Waals surface area (Å²) in [6, 6.07) is 17.7. The van der Waals surface area contributed by atoms with Crippen LogP contribution in [0, 0.1) is 6.92 Å². The number of benzene rings is 2. The Hall–Kier alpha value is -3.74. The minimum absolute atomic E-state index is 0.00919. The highest BCUT2D eigenvalue weighted by Crippen LogP contribution is 2.34. The van der Waals surface area contributed by atoms with Crippen molar-refractivity contribution in [3.05, 3.63) is 88.2 Å². The van der Waals surface area contributed by atoms with Gasteiger partial charge < -0.3 is 5.32 Å². The van der Waals surface area contributed by atoms with Crippen LogP contribution in [0.4, 0.5) is 0 Å². The third-order valence-electron chi connectivity index (χ3n) is 6.33. The fourth-order valence-electron chi connectivity index (χ4n) is 4.35. The van der Waals surface area contributed by atoms with E-state index < -0.39 is 0 Å². The molecule has 0 aliphatic heterocycles. The van der Waals surface area contributed by atoms with Crippen LogP contribution in [-0.4, -0.2) is 31.8 Å². The van der Waals surface area contributed by atoms with Gasteiger partial charge in [0.2, 0.25) is 5.91 Å². The number of hydrogen-bond donors (Lipinski definition) is 1. The molecule has 0 saturated heterocycles. The number of carbonyl (C=O) groups excluding carboxylic acids is 1. The van der Waals surface area contributed by atoms with Crippen molar-refractivity contribution >= 4 is 16.8 Å². The van der Waals surface area contributed by atoms with Crippen LogP contribution in [0.25, 0.3) is 16.6 Å². The first kappa shape index (κ1) is 22.1. The number of fused-ring (bicyclic) bond motifs is 1. The third-order valence-corrected chi connectivity index (χ3v) is 6.33. The van der Waals surface area contributed by atoms with Gasteiger partial charge in [0, 0.05) is 31.6 Å². The second-order valence-electron chi connectivity index (χ2n) is 8.92. The Morgan fingerprint density at radius 3 is 2.62 bits per heavy atom. The predicted octanol–water partition coefficient (Wildman–Crippen LogP) is 3.91. The molecule has 1 N–H and O–H groups in total. The van der Waals surface area contributed by atoms with Crippen molar-refractivity contribution in [1.82, 2.24) is 24.6 Å². The molecule has 174 valence electrons. The minimum Gasteiger partial charge on any atom is -0.356 e. The highest BCUT2D eigenvalue weighted by molar-refractivity contribution is 5.78. The molecule has 34 heavy (non-hydrogen) atoms. The zero-order chi connectivity index (χ0) is 23.5. The van der Waals surface area contributed by atoms with E-state index in [-0.39, 0.29) is 17.5 Å². The van der Waals surface area contributed by atoms with E-state index >= 15 is 0 Å². The monoisotopic (exact) mass is 455 g/mol. The molecule has 5 rings (SSSR count). The number of aromatic nitrogens is 4. The van der Waals surface area contributed by atoms with Crippen LogP contribution < -0.4 is 10.9 Å². The minimum atomic E-state index is -0.0125. The summed E-state index contributed by atoms with van der Waals surface area (Å²) in [4.78, 5) is 30.2. The largest absolute Gasteiger partial charge is 0.356 e. The Kier molecular flexibility index (Phi) is 6.25. The zero-order valence-corrected chi connectivity index (χ0v) is 19.4. The fourth-order valence-corrected chi connectivity index (χ4v) is 4.35. The average molecular weight is 456 g/mol. The first-order valence-corrected chi connectivity index (χ1v) is 12.0. The number of nitrogens with zero attached hydrogens (tertiary/aromatic N) is 4. The molecular formula is C27H29N5O2. The van der Waals surface area contributed by atoms with Crippen molar-refractivity contribution in [2.75, 3.05) is 6.54 Å². The van der Waals surface area contributed by atoms with Crippen LogP contribution in [0.2, 0.25) is 0 Å². The normalized spacial score (nSPS) is 13.3. The Balaban J connectivity index is 1.15. The maximum atomic E-state index is 13.0. The van der Waals surface area contributed by atoms with Gasteiger partial charge in [-0.05, 0) is 62.4 Å². The molecule has 4 aromatic rings. The second-order valence-corrected chi connectivity index (χ2v) is 8.92. The molecule has 2 heterocycles. The van der Waals surface area contributed by atoms with Crippen LogP contribution in [0.5, 0.6) is 0 Å². The van der Waals surface area contributed by atoms with Crippen molar-refractivity contribution in [3.8, 4) is 5.69 Å². The number of amides is 1. The van der Waals surface area contributed by atoms with Crippen LogP contribution >= 0.6 is 0 Å². The molecule has 2 aromatic heterocycles. The Bertz CT molecular complexity index is 1370. The van der Waals surface area contributed by atoms with E-state index in [2.05, 4.69) is 16.6 Å². The van der Waals surface area contributed by atoms with Crippen molar-refractivity contribution in [2.24, 2.45) is 0 Å². The zero-order valence-electron chi connectivity index (χ0n) is 19.4. The van der Waals surface area contributed by atoms with Gasteiger partial charge in [-0.1, -0.05) is 30.3 Å². The molecule has 7 nitrogen and oxygen atoms in total. The average Bonchev–Trinajstić information content (AvgIpc) is 3.62. The molecule has 1 fully saturated rings. The van der Waals surface area contributed by atoms with E-state index in [9.17, 15) is 9.59 Å². The van der Waals surface area contributed by atoms with Gasteiger partial charge in [0.05, 0.1) is 22.3 Å². The van der Waals surface area contributed by atoms with Gasteiger partial charge in [0.1, 0.15) is 5.82 Å². The Labute approximate surface area is 198 Å². The lowest BCUT2D eigenvalue weighted by Crippen LogP contribution is -2.28. The van der Waals surface area contributed by atoms with Crippen molar-refractivity contribution in [3.63, 3.8) is 0 Å². The first-order valence-electron chi connectivity index (χ1n) is 12.0. The lowest BCUT2D eigenvalue weighted by Gasteiger charge is -2.13. The molecule has 1 aliphatic carbocycles. The summed E-state index contributed by atoms with van der Waals surface area (Å²) in [6.07, 6.45) is 6.54. The number of hydrogen-bond acceptors (Lipinski definition) is 4. The smallest absolute Gasteiger partial charge is 0.261 e. The van der Waals surface area contributed by atoms with Crippen molar-refractivity contribution < 1.29 is 4.79 Å². The summed E-state index contributed by atoms with van der Waals surface area (Å²) in [5.41, 5.74) is 3.95. The lowest BCUT2D eigenvalue weighted by atomic mass is 10.1. The van der Waals surface area contributed by atoms with Crippen LogP contribution in [0.15, 0.2) is 65.6 Å². The summed E-state index contributed by atoms with van der Waals surface area (Å²) >= 11 is 0. The SMILES string of the molecule is Cc1nn(-c2ccccc2)cc1CCCNC(=O)CCc1nc2ccccc2c(=O)n1C1CC1. The summed E-state index contributed by atoms with van der Waals surface area (Å²) in [7, 11) is 0. The van der Waals surface area contributed by atoms with Gasteiger partial charge in [-0.25, -0.2) is 9.67 Å². The molecule has 0 atom stereocenters. The molecule has 1 saturated carbocycles. The standard InChI is InChI=1S/C27H29N5O2/c1-19-20(18-31(30-19)21-9-3-2-4-10-21)8-7-17-28-26(33)16-15-25-29-24-12-6-5-11-23(24)27(34)32(25)22-13-14-22/h2-6,9-12,18,22H,7-8,13-17H2,1H3,(H,28,33). The van der Waals surface area contributed by atoms with Crippen molar-refractivity contribution in [2.45, 2.75) is 51.5 Å². The molecule has 1 aliphatic rings. The van der Waals surface area contributed by atoms with E-state index in [1.54, 1.807) is 0 Å². The molecule has 0 bridgehead atoms. The van der Waals surface area contributed by atoms with Gasteiger partial charge in [-0.3, -0.25) is 14.2 Å². The summed E-state index contributed by atoms with van der Waals surface area (Å²) in [5.74, 6) is 0.701. The molecule has 2 aromatic carbocycles. The summed E-state index contributed by atoms with van der Waals surface area (Å²) in [6.45, 7) is 2.62.